The highest BCUT2D eigenvalue weighted by molar-refractivity contribution is 5.52. The second-order valence-corrected chi connectivity index (χ2v) is 1.82. The molecule has 52 valence electrons. The summed E-state index contributed by atoms with van der Waals surface area (Å²) in [5.41, 5.74) is 8.86. The van der Waals surface area contributed by atoms with Crippen LogP contribution in [0.4, 0.5) is 5.69 Å². The summed E-state index contributed by atoms with van der Waals surface area (Å²) < 4.78 is 0. The predicted molar refractivity (Wildman–Crippen MR) is 40.0 cm³/mol. The van der Waals surface area contributed by atoms with Crippen LogP contribution in [0.15, 0.2) is 29.4 Å². The van der Waals surface area contributed by atoms with Gasteiger partial charge in [0.15, 0.2) is 0 Å². The summed E-state index contributed by atoms with van der Waals surface area (Å²) in [6.45, 7) is 0. The summed E-state index contributed by atoms with van der Waals surface area (Å²) in [5.74, 6) is 0. The second-order valence-electron chi connectivity index (χ2n) is 1.82. The molecule has 0 atom stereocenters. The summed E-state index contributed by atoms with van der Waals surface area (Å²) in [5, 5.41) is 11.8. The van der Waals surface area contributed by atoms with Gasteiger partial charge in [0.05, 0.1) is 17.3 Å². The molecule has 1 aromatic rings. The molecule has 0 N–H and O–H groups in total. The molecular formula is C7H4N4. The smallest absolute Gasteiger partial charge is 0.0996 e. The molecule has 0 aliphatic carbocycles. The maximum absolute atomic E-state index is 8.51. The zero-order chi connectivity index (χ0) is 8.10. The fourth-order valence-electron chi connectivity index (χ4n) is 0.704. The molecule has 0 heterocycles. The van der Waals surface area contributed by atoms with Crippen molar-refractivity contribution in [3.63, 3.8) is 0 Å². The molecule has 4 nitrogen and oxygen atoms in total. The first-order valence-corrected chi connectivity index (χ1v) is 2.92. The number of nitrogens with zero attached hydrogens (tertiary/aromatic N) is 4. The lowest BCUT2D eigenvalue weighted by molar-refractivity contribution is 1.42. The Hall–Kier alpha value is -1.98. The van der Waals surface area contributed by atoms with Gasteiger partial charge in [-0.05, 0) is 11.6 Å². The summed E-state index contributed by atoms with van der Waals surface area (Å²) in [7, 11) is 0. The van der Waals surface area contributed by atoms with Crippen molar-refractivity contribution in [3.8, 4) is 6.07 Å². The van der Waals surface area contributed by atoms with E-state index < -0.39 is 0 Å². The molecule has 0 saturated heterocycles. The van der Waals surface area contributed by atoms with Crippen LogP contribution in [0, 0.1) is 11.3 Å². The first-order valence-electron chi connectivity index (χ1n) is 2.92. The Morgan fingerprint density at radius 1 is 1.45 bits per heavy atom. The van der Waals surface area contributed by atoms with Crippen LogP contribution in [0.25, 0.3) is 10.4 Å². The SMILES string of the molecule is N#Cc1ccccc1N=[N+]=[N-]. The van der Waals surface area contributed by atoms with E-state index >= 15 is 0 Å². The van der Waals surface area contributed by atoms with Crippen LogP contribution >= 0.6 is 0 Å². The van der Waals surface area contributed by atoms with Crippen LogP contribution in [0.2, 0.25) is 0 Å². The number of hydrogen-bond donors (Lipinski definition) is 0. The van der Waals surface area contributed by atoms with Crippen LogP contribution in [0.1, 0.15) is 5.56 Å². The standard InChI is InChI=1S/C7H4N4/c8-5-6-3-1-2-4-7(6)10-11-9/h1-4H. The molecule has 0 radical (unpaired) electrons. The van der Waals surface area contributed by atoms with Crippen molar-refractivity contribution in [3.05, 3.63) is 40.3 Å². The molecule has 0 spiro atoms. The van der Waals surface area contributed by atoms with E-state index in [1.807, 2.05) is 6.07 Å². The monoisotopic (exact) mass is 144 g/mol. The van der Waals surface area contributed by atoms with Crippen molar-refractivity contribution in [2.45, 2.75) is 0 Å². The predicted octanol–water partition coefficient (Wildman–Crippen LogP) is 2.50. The van der Waals surface area contributed by atoms with Crippen molar-refractivity contribution < 1.29 is 0 Å². The van der Waals surface area contributed by atoms with Gasteiger partial charge in [-0.2, -0.15) is 5.26 Å². The Morgan fingerprint density at radius 2 is 2.18 bits per heavy atom. The zero-order valence-corrected chi connectivity index (χ0v) is 5.60. The van der Waals surface area contributed by atoms with Gasteiger partial charge in [-0.15, -0.1) is 0 Å². The number of nitriles is 1. The second kappa shape index (κ2) is 3.25. The minimum absolute atomic E-state index is 0.373. The Bertz CT molecular complexity index is 344. The molecule has 0 aliphatic rings. The average molecular weight is 144 g/mol. The first-order chi connectivity index (χ1) is 5.38. The van der Waals surface area contributed by atoms with Crippen molar-refractivity contribution in [2.24, 2.45) is 5.11 Å². The van der Waals surface area contributed by atoms with Gasteiger partial charge >= 0.3 is 0 Å². The molecule has 0 fully saturated rings. The highest BCUT2D eigenvalue weighted by atomic mass is 15.1. The Kier molecular flexibility index (Phi) is 2.11. The van der Waals surface area contributed by atoms with E-state index in [-0.39, 0.29) is 0 Å². The van der Waals surface area contributed by atoms with Gasteiger partial charge in [-0.3, -0.25) is 0 Å². The van der Waals surface area contributed by atoms with Gasteiger partial charge in [0, 0.05) is 4.91 Å². The lowest BCUT2D eigenvalue weighted by Crippen LogP contribution is -1.71. The van der Waals surface area contributed by atoms with Crippen molar-refractivity contribution >= 4 is 5.69 Å². The van der Waals surface area contributed by atoms with Crippen molar-refractivity contribution in [1.29, 1.82) is 5.26 Å². The van der Waals surface area contributed by atoms with E-state index in [0.29, 0.717) is 11.3 Å². The van der Waals surface area contributed by atoms with Gasteiger partial charge in [-0.1, -0.05) is 23.3 Å². The van der Waals surface area contributed by atoms with Crippen LogP contribution < -0.4 is 0 Å². The van der Waals surface area contributed by atoms with Gasteiger partial charge in [-0.25, -0.2) is 0 Å². The van der Waals surface area contributed by atoms with Crippen LogP contribution in [0.3, 0.4) is 0 Å². The van der Waals surface area contributed by atoms with Crippen LogP contribution in [-0.2, 0) is 0 Å². The highest BCUT2D eigenvalue weighted by Crippen LogP contribution is 2.16. The maximum atomic E-state index is 8.51. The summed E-state index contributed by atoms with van der Waals surface area (Å²) >= 11 is 0. The number of azide groups is 1. The minimum atomic E-state index is 0.373. The molecule has 0 bridgehead atoms. The van der Waals surface area contributed by atoms with Crippen molar-refractivity contribution in [2.75, 3.05) is 0 Å². The van der Waals surface area contributed by atoms with E-state index in [1.54, 1.807) is 24.3 Å². The third-order valence-corrected chi connectivity index (χ3v) is 1.18. The summed E-state index contributed by atoms with van der Waals surface area (Å²) in [6, 6.07) is 8.54. The molecule has 0 aliphatic heterocycles. The van der Waals surface area contributed by atoms with Gasteiger partial charge < -0.3 is 0 Å². The molecule has 1 rings (SSSR count). The fourth-order valence-corrected chi connectivity index (χ4v) is 0.704. The molecule has 0 aromatic heterocycles. The van der Waals surface area contributed by atoms with E-state index in [9.17, 15) is 0 Å². The molecule has 0 unspecified atom stereocenters. The van der Waals surface area contributed by atoms with Crippen LogP contribution in [-0.4, -0.2) is 0 Å². The number of rotatable bonds is 1. The summed E-state index contributed by atoms with van der Waals surface area (Å²) in [6.07, 6.45) is 0. The van der Waals surface area contributed by atoms with Crippen LogP contribution in [0.5, 0.6) is 0 Å². The molecule has 11 heavy (non-hydrogen) atoms. The number of hydrogen-bond acceptors (Lipinski definition) is 2. The van der Waals surface area contributed by atoms with Gasteiger partial charge in [0.1, 0.15) is 0 Å². The molecular weight excluding hydrogens is 140 g/mol. The first kappa shape index (κ1) is 7.13. The van der Waals surface area contributed by atoms with E-state index in [1.165, 1.54) is 0 Å². The molecule has 0 amide bonds. The maximum Gasteiger partial charge on any atom is 0.0996 e. The van der Waals surface area contributed by atoms with E-state index in [2.05, 4.69) is 10.0 Å². The number of benzene rings is 1. The van der Waals surface area contributed by atoms with E-state index in [0.717, 1.165) is 0 Å². The Labute approximate surface area is 63.3 Å². The quantitative estimate of drug-likeness (QED) is 0.339. The normalized spacial score (nSPS) is 7.91. The average Bonchev–Trinajstić information content (AvgIpc) is 2.06. The highest BCUT2D eigenvalue weighted by Gasteiger charge is 1.94. The Balaban J connectivity index is 3.25. The molecule has 0 saturated carbocycles. The molecule has 4 heteroatoms. The lowest BCUT2D eigenvalue weighted by Gasteiger charge is -1.91. The lowest BCUT2D eigenvalue weighted by atomic mass is 10.2. The van der Waals surface area contributed by atoms with E-state index in [4.69, 9.17) is 10.8 Å². The topological polar surface area (TPSA) is 72.5 Å². The summed E-state index contributed by atoms with van der Waals surface area (Å²) in [4.78, 5) is 2.59. The zero-order valence-electron chi connectivity index (χ0n) is 5.60. The third-order valence-electron chi connectivity index (χ3n) is 1.18. The fraction of sp³-hybridized carbons (Fsp3) is 0. The third kappa shape index (κ3) is 1.48. The molecule has 1 aromatic carbocycles. The largest absolute Gasteiger partial charge is 0.192 e. The van der Waals surface area contributed by atoms with Gasteiger partial charge in [0.25, 0.3) is 0 Å². The van der Waals surface area contributed by atoms with Gasteiger partial charge in [0.2, 0.25) is 0 Å². The minimum Gasteiger partial charge on any atom is -0.192 e. The Morgan fingerprint density at radius 3 is 2.82 bits per heavy atom. The van der Waals surface area contributed by atoms with Crippen molar-refractivity contribution in [1.82, 2.24) is 0 Å².